The van der Waals surface area contributed by atoms with Crippen molar-refractivity contribution in [1.82, 2.24) is 0 Å². The van der Waals surface area contributed by atoms with Gasteiger partial charge in [-0.3, -0.25) is 4.79 Å². The predicted octanol–water partition coefficient (Wildman–Crippen LogP) is 3.60. The van der Waals surface area contributed by atoms with Gasteiger partial charge in [0.1, 0.15) is 0 Å². The highest BCUT2D eigenvalue weighted by molar-refractivity contribution is 5.91. The van der Waals surface area contributed by atoms with E-state index in [-0.39, 0.29) is 5.91 Å². The van der Waals surface area contributed by atoms with Crippen LogP contribution in [0.25, 0.3) is 0 Å². The molecule has 0 unspecified atom stereocenters. The van der Waals surface area contributed by atoms with Gasteiger partial charge in [-0.2, -0.15) is 0 Å². The second-order valence-corrected chi connectivity index (χ2v) is 5.25. The van der Waals surface area contributed by atoms with Crippen LogP contribution >= 0.6 is 0 Å². The minimum absolute atomic E-state index is 0.0930. The Morgan fingerprint density at radius 2 is 2.00 bits per heavy atom. The largest absolute Gasteiger partial charge is 0.326 e. The second kappa shape index (κ2) is 10.0. The number of aryl methyl sites for hydroxylation is 1. The normalized spacial score (nSPS) is 9.86. The third-order valence-corrected chi connectivity index (χ3v) is 3.34. The summed E-state index contributed by atoms with van der Waals surface area (Å²) >= 11 is 0. The van der Waals surface area contributed by atoms with Gasteiger partial charge in [0.15, 0.2) is 0 Å². The molecule has 0 aliphatic rings. The van der Waals surface area contributed by atoms with Crippen molar-refractivity contribution in [2.45, 2.75) is 52.4 Å². The van der Waals surface area contributed by atoms with Gasteiger partial charge in [-0.05, 0) is 37.1 Å². The van der Waals surface area contributed by atoms with Gasteiger partial charge >= 0.3 is 0 Å². The topological polar surface area (TPSA) is 55.1 Å². The Kier molecular flexibility index (Phi) is 8.23. The molecule has 3 N–H and O–H groups in total. The average molecular weight is 286 g/mol. The lowest BCUT2D eigenvalue weighted by Crippen LogP contribution is -2.12. The van der Waals surface area contributed by atoms with E-state index in [0.717, 1.165) is 29.7 Å². The van der Waals surface area contributed by atoms with Crippen LogP contribution in [0.2, 0.25) is 0 Å². The van der Waals surface area contributed by atoms with E-state index < -0.39 is 0 Å². The van der Waals surface area contributed by atoms with Gasteiger partial charge in [-0.15, -0.1) is 0 Å². The quantitative estimate of drug-likeness (QED) is 0.594. The number of rotatable bonds is 7. The summed E-state index contributed by atoms with van der Waals surface area (Å²) in [4.78, 5) is 11.9. The molecule has 1 aromatic rings. The van der Waals surface area contributed by atoms with Crippen LogP contribution in [0.15, 0.2) is 18.2 Å². The first-order chi connectivity index (χ1) is 10.2. The highest BCUT2D eigenvalue weighted by Crippen LogP contribution is 2.17. The van der Waals surface area contributed by atoms with Crippen molar-refractivity contribution in [3.8, 4) is 11.8 Å². The third-order valence-electron chi connectivity index (χ3n) is 3.34. The Hall–Kier alpha value is -1.79. The molecule has 0 aliphatic heterocycles. The number of benzene rings is 1. The third kappa shape index (κ3) is 6.97. The molecule has 114 valence electrons. The maximum Gasteiger partial charge on any atom is 0.224 e. The fourth-order valence-electron chi connectivity index (χ4n) is 2.14. The zero-order valence-corrected chi connectivity index (χ0v) is 13.2. The van der Waals surface area contributed by atoms with E-state index in [1.165, 1.54) is 19.3 Å². The maximum absolute atomic E-state index is 11.9. The lowest BCUT2D eigenvalue weighted by molar-refractivity contribution is -0.116. The van der Waals surface area contributed by atoms with Crippen molar-refractivity contribution in [1.29, 1.82) is 0 Å². The highest BCUT2D eigenvalue weighted by Gasteiger charge is 2.05. The van der Waals surface area contributed by atoms with Crippen LogP contribution < -0.4 is 11.1 Å². The van der Waals surface area contributed by atoms with Gasteiger partial charge in [0.05, 0.1) is 6.54 Å². The summed E-state index contributed by atoms with van der Waals surface area (Å²) in [5.41, 5.74) is 8.18. The van der Waals surface area contributed by atoms with Crippen LogP contribution in [0.3, 0.4) is 0 Å². The Labute approximate surface area is 128 Å². The number of hydrogen-bond donors (Lipinski definition) is 2. The summed E-state index contributed by atoms with van der Waals surface area (Å²) in [6, 6.07) is 5.79. The van der Waals surface area contributed by atoms with E-state index in [0.29, 0.717) is 13.0 Å². The fourth-order valence-corrected chi connectivity index (χ4v) is 2.14. The van der Waals surface area contributed by atoms with E-state index in [1.54, 1.807) is 0 Å². The molecule has 3 heteroatoms. The lowest BCUT2D eigenvalue weighted by Gasteiger charge is -2.08. The number of hydrogen-bond acceptors (Lipinski definition) is 2. The molecule has 0 saturated carbocycles. The van der Waals surface area contributed by atoms with E-state index in [4.69, 9.17) is 5.73 Å². The molecule has 21 heavy (non-hydrogen) atoms. The average Bonchev–Trinajstić information content (AvgIpc) is 2.47. The Balaban J connectivity index is 2.45. The van der Waals surface area contributed by atoms with Crippen LogP contribution in [-0.4, -0.2) is 12.5 Å². The van der Waals surface area contributed by atoms with Crippen molar-refractivity contribution in [3.63, 3.8) is 0 Å². The highest BCUT2D eigenvalue weighted by atomic mass is 16.1. The van der Waals surface area contributed by atoms with E-state index >= 15 is 0 Å². The van der Waals surface area contributed by atoms with E-state index in [1.807, 2.05) is 25.1 Å². The van der Waals surface area contributed by atoms with Gasteiger partial charge in [0.25, 0.3) is 0 Å². The Bertz CT molecular complexity index is 512. The van der Waals surface area contributed by atoms with Crippen molar-refractivity contribution < 1.29 is 4.79 Å². The zero-order valence-electron chi connectivity index (χ0n) is 13.2. The van der Waals surface area contributed by atoms with Gasteiger partial charge in [0, 0.05) is 17.7 Å². The van der Waals surface area contributed by atoms with Gasteiger partial charge in [0.2, 0.25) is 5.91 Å². The molecule has 0 bridgehead atoms. The standard InChI is InChI=1S/C18H26N2O/c1-3-4-5-6-7-10-18(21)20-17-12-11-16(9-8-13-19)14-15(17)2/h11-12,14H,3-7,10,13,19H2,1-2H3,(H,20,21). The van der Waals surface area contributed by atoms with Crippen molar-refractivity contribution in [3.05, 3.63) is 29.3 Å². The monoisotopic (exact) mass is 286 g/mol. The summed E-state index contributed by atoms with van der Waals surface area (Å²) < 4.78 is 0. The van der Waals surface area contributed by atoms with Crippen molar-refractivity contribution in [2.24, 2.45) is 5.73 Å². The summed E-state index contributed by atoms with van der Waals surface area (Å²) in [7, 11) is 0. The number of carbonyl (C=O) groups is 1. The molecule has 1 rings (SSSR count). The smallest absolute Gasteiger partial charge is 0.224 e. The van der Waals surface area contributed by atoms with Crippen LogP contribution in [0.1, 0.15) is 56.6 Å². The molecular formula is C18H26N2O. The van der Waals surface area contributed by atoms with E-state index in [2.05, 4.69) is 24.1 Å². The van der Waals surface area contributed by atoms with Gasteiger partial charge in [-0.1, -0.05) is 44.4 Å². The molecule has 0 radical (unpaired) electrons. The Morgan fingerprint density at radius 3 is 2.67 bits per heavy atom. The molecule has 0 fully saturated rings. The summed E-state index contributed by atoms with van der Waals surface area (Å²) in [5, 5.41) is 2.97. The maximum atomic E-state index is 11.9. The molecule has 1 aromatic carbocycles. The molecule has 0 spiro atoms. The molecule has 1 amide bonds. The summed E-state index contributed by atoms with van der Waals surface area (Å²) in [6.45, 7) is 4.52. The number of nitrogens with two attached hydrogens (primary N) is 1. The first-order valence-corrected chi connectivity index (χ1v) is 7.76. The first kappa shape index (κ1) is 17.3. The number of nitrogens with one attached hydrogen (secondary N) is 1. The minimum atomic E-state index is 0.0930. The molecule has 0 atom stereocenters. The Morgan fingerprint density at radius 1 is 1.24 bits per heavy atom. The number of amides is 1. The first-order valence-electron chi connectivity index (χ1n) is 7.76. The van der Waals surface area contributed by atoms with E-state index in [9.17, 15) is 4.79 Å². The molecule has 3 nitrogen and oxygen atoms in total. The molecular weight excluding hydrogens is 260 g/mol. The predicted molar refractivity (Wildman–Crippen MR) is 89.1 cm³/mol. The van der Waals surface area contributed by atoms with Crippen molar-refractivity contribution in [2.75, 3.05) is 11.9 Å². The van der Waals surface area contributed by atoms with Crippen LogP contribution in [0.4, 0.5) is 5.69 Å². The SMILES string of the molecule is CCCCCCCC(=O)Nc1ccc(C#CCN)cc1C. The summed E-state index contributed by atoms with van der Waals surface area (Å²) in [6.07, 6.45) is 6.39. The minimum Gasteiger partial charge on any atom is -0.326 e. The molecule has 0 aromatic heterocycles. The van der Waals surface area contributed by atoms with Gasteiger partial charge in [-0.25, -0.2) is 0 Å². The number of anilines is 1. The molecule has 0 saturated heterocycles. The van der Waals surface area contributed by atoms with Crippen LogP contribution in [-0.2, 0) is 4.79 Å². The van der Waals surface area contributed by atoms with Crippen LogP contribution in [0.5, 0.6) is 0 Å². The molecule has 0 heterocycles. The van der Waals surface area contributed by atoms with Gasteiger partial charge < -0.3 is 11.1 Å². The lowest BCUT2D eigenvalue weighted by atomic mass is 10.1. The number of carbonyl (C=O) groups excluding carboxylic acids is 1. The second-order valence-electron chi connectivity index (χ2n) is 5.25. The molecule has 0 aliphatic carbocycles. The van der Waals surface area contributed by atoms with Crippen LogP contribution in [0, 0.1) is 18.8 Å². The fraction of sp³-hybridized carbons (Fsp3) is 0.500. The number of unbranched alkanes of at least 4 members (excludes halogenated alkanes) is 4. The summed E-state index contributed by atoms with van der Waals surface area (Å²) in [5.74, 6) is 5.91. The zero-order chi connectivity index (χ0) is 15.5. The van der Waals surface area contributed by atoms with Crippen molar-refractivity contribution >= 4 is 11.6 Å².